The van der Waals surface area contributed by atoms with Gasteiger partial charge in [0, 0.05) is 5.41 Å². The van der Waals surface area contributed by atoms with Crippen molar-refractivity contribution in [3.05, 3.63) is 11.9 Å². The molecule has 64 valence electrons. The largest absolute Gasteiger partial charge is 0.280 e. The van der Waals surface area contributed by atoms with Crippen molar-refractivity contribution in [3.8, 4) is 0 Å². The minimum atomic E-state index is -0.0772. The zero-order chi connectivity index (χ0) is 9.19. The molecular formula is C8H11N3O. The Kier molecular flexibility index (Phi) is 2.11. The lowest BCUT2D eigenvalue weighted by atomic mass is 9.91. The number of hydrogen-bond donors (Lipinski definition) is 1. The average Bonchev–Trinajstić information content (AvgIpc) is 2.34. The molecule has 0 aromatic carbocycles. The van der Waals surface area contributed by atoms with Crippen LogP contribution in [0.1, 0.15) is 26.5 Å². The number of H-pyrrole nitrogens is 1. The van der Waals surface area contributed by atoms with Gasteiger partial charge < -0.3 is 0 Å². The number of carbonyl (C=O) groups excluding carboxylic acids is 1. The average molecular weight is 165 g/mol. The number of aliphatic imine (C=N–C) groups is 1. The summed E-state index contributed by atoms with van der Waals surface area (Å²) in [4.78, 5) is 13.6. The molecule has 0 atom stereocenters. The van der Waals surface area contributed by atoms with E-state index in [9.17, 15) is 4.79 Å². The summed E-state index contributed by atoms with van der Waals surface area (Å²) in [5.41, 5.74) is 1.34. The van der Waals surface area contributed by atoms with Crippen molar-refractivity contribution in [3.63, 3.8) is 0 Å². The highest BCUT2D eigenvalue weighted by Gasteiger charge is 2.19. The minimum Gasteiger partial charge on any atom is -0.280 e. The van der Waals surface area contributed by atoms with Gasteiger partial charge in [-0.1, -0.05) is 20.8 Å². The van der Waals surface area contributed by atoms with Gasteiger partial charge >= 0.3 is 0 Å². The van der Waals surface area contributed by atoms with Crippen molar-refractivity contribution >= 4 is 11.8 Å². The van der Waals surface area contributed by atoms with Gasteiger partial charge in [0.1, 0.15) is 5.69 Å². The summed E-state index contributed by atoms with van der Waals surface area (Å²) in [5.74, 6) is 0. The number of nitrogens with zero attached hydrogens (tertiary/aromatic N) is 2. The molecule has 1 aromatic rings. The van der Waals surface area contributed by atoms with E-state index in [1.54, 1.807) is 0 Å². The summed E-state index contributed by atoms with van der Waals surface area (Å²) in [6.45, 7) is 6.05. The molecule has 0 aliphatic heterocycles. The van der Waals surface area contributed by atoms with Gasteiger partial charge in [-0.15, -0.1) is 0 Å². The minimum absolute atomic E-state index is 0.0772. The van der Waals surface area contributed by atoms with Crippen LogP contribution >= 0.6 is 0 Å². The van der Waals surface area contributed by atoms with Crippen molar-refractivity contribution in [2.45, 2.75) is 26.2 Å². The van der Waals surface area contributed by atoms with Gasteiger partial charge in [0.05, 0.1) is 11.9 Å². The van der Waals surface area contributed by atoms with Crippen LogP contribution in [0.2, 0.25) is 0 Å². The fourth-order valence-corrected chi connectivity index (χ4v) is 0.966. The van der Waals surface area contributed by atoms with E-state index in [0.717, 1.165) is 5.69 Å². The summed E-state index contributed by atoms with van der Waals surface area (Å²) >= 11 is 0. The number of isocyanates is 1. The smallest absolute Gasteiger partial charge is 0.240 e. The van der Waals surface area contributed by atoms with Crippen molar-refractivity contribution in [2.75, 3.05) is 0 Å². The van der Waals surface area contributed by atoms with E-state index in [1.807, 2.05) is 20.8 Å². The summed E-state index contributed by atoms with van der Waals surface area (Å²) in [5, 5.41) is 6.62. The van der Waals surface area contributed by atoms with E-state index in [1.165, 1.54) is 12.3 Å². The molecule has 0 amide bonds. The highest BCUT2D eigenvalue weighted by molar-refractivity contribution is 5.51. The number of aromatic amines is 1. The maximum atomic E-state index is 10.0. The molecule has 1 aromatic heterocycles. The second kappa shape index (κ2) is 2.91. The predicted octanol–water partition coefficient (Wildman–Crippen LogP) is 1.67. The molecule has 1 rings (SSSR count). The maximum Gasteiger partial charge on any atom is 0.240 e. The van der Waals surface area contributed by atoms with Crippen LogP contribution in [0, 0.1) is 0 Å². The van der Waals surface area contributed by atoms with E-state index in [-0.39, 0.29) is 5.41 Å². The molecule has 0 saturated heterocycles. The molecule has 0 bridgehead atoms. The highest BCUT2D eigenvalue weighted by atomic mass is 16.1. The molecule has 0 fully saturated rings. The van der Waals surface area contributed by atoms with Gasteiger partial charge in [-0.2, -0.15) is 10.1 Å². The van der Waals surface area contributed by atoms with E-state index < -0.39 is 0 Å². The summed E-state index contributed by atoms with van der Waals surface area (Å²) in [7, 11) is 0. The first-order valence-electron chi connectivity index (χ1n) is 3.67. The number of aromatic nitrogens is 2. The van der Waals surface area contributed by atoms with Gasteiger partial charge in [0.15, 0.2) is 0 Å². The molecule has 0 aliphatic carbocycles. The van der Waals surface area contributed by atoms with Crippen LogP contribution in [0.25, 0.3) is 0 Å². The molecule has 4 nitrogen and oxygen atoms in total. The molecule has 0 spiro atoms. The monoisotopic (exact) mass is 165 g/mol. The van der Waals surface area contributed by atoms with Crippen molar-refractivity contribution in [2.24, 2.45) is 4.99 Å². The second-order valence-corrected chi connectivity index (χ2v) is 3.58. The van der Waals surface area contributed by atoms with Gasteiger partial charge in [-0.3, -0.25) is 5.10 Å². The first-order valence-corrected chi connectivity index (χ1v) is 3.67. The van der Waals surface area contributed by atoms with Crippen molar-refractivity contribution in [1.29, 1.82) is 0 Å². The van der Waals surface area contributed by atoms with Crippen LogP contribution in [0.4, 0.5) is 5.69 Å². The van der Waals surface area contributed by atoms with Crippen LogP contribution in [-0.2, 0) is 10.2 Å². The van der Waals surface area contributed by atoms with Gasteiger partial charge in [-0.05, 0) is 0 Å². The quantitative estimate of drug-likeness (QED) is 0.508. The van der Waals surface area contributed by atoms with E-state index in [4.69, 9.17) is 0 Å². The predicted molar refractivity (Wildman–Crippen MR) is 45.1 cm³/mol. The van der Waals surface area contributed by atoms with Crippen molar-refractivity contribution < 1.29 is 4.79 Å². The molecule has 4 heteroatoms. The molecule has 0 radical (unpaired) electrons. The molecule has 0 unspecified atom stereocenters. The third kappa shape index (κ3) is 1.60. The summed E-state index contributed by atoms with van der Waals surface area (Å²) in [6, 6.07) is 0. The number of rotatable bonds is 1. The topological polar surface area (TPSA) is 58.1 Å². The van der Waals surface area contributed by atoms with E-state index >= 15 is 0 Å². The number of nitrogens with one attached hydrogen (secondary N) is 1. The van der Waals surface area contributed by atoms with Gasteiger partial charge in [0.25, 0.3) is 0 Å². The summed E-state index contributed by atoms with van der Waals surface area (Å²) < 4.78 is 0. The molecule has 12 heavy (non-hydrogen) atoms. The van der Waals surface area contributed by atoms with E-state index in [0.29, 0.717) is 5.69 Å². The Balaban J connectivity index is 3.16. The standard InChI is InChI=1S/C8H11N3O/c1-8(2,3)7-6(9-5-12)4-10-11-7/h4H,1-3H3,(H,10,11). The first kappa shape index (κ1) is 8.68. The molecular weight excluding hydrogens is 154 g/mol. The Morgan fingerprint density at radius 3 is 2.75 bits per heavy atom. The van der Waals surface area contributed by atoms with Crippen LogP contribution in [0.15, 0.2) is 11.2 Å². The Morgan fingerprint density at radius 1 is 1.58 bits per heavy atom. The molecule has 1 N–H and O–H groups in total. The number of hydrogen-bond acceptors (Lipinski definition) is 3. The zero-order valence-corrected chi connectivity index (χ0v) is 7.38. The first-order chi connectivity index (χ1) is 5.55. The Bertz CT molecular complexity index is 315. The Hall–Kier alpha value is -1.41. The van der Waals surface area contributed by atoms with Crippen LogP contribution in [-0.4, -0.2) is 16.3 Å². The zero-order valence-electron chi connectivity index (χ0n) is 7.38. The Labute approximate surface area is 70.7 Å². The molecule has 1 heterocycles. The summed E-state index contributed by atoms with van der Waals surface area (Å²) in [6.07, 6.45) is 3.02. The molecule has 0 saturated carbocycles. The van der Waals surface area contributed by atoms with Crippen LogP contribution < -0.4 is 0 Å². The lowest BCUT2D eigenvalue weighted by Crippen LogP contribution is -2.11. The van der Waals surface area contributed by atoms with Crippen molar-refractivity contribution in [1.82, 2.24) is 10.2 Å². The lowest BCUT2D eigenvalue weighted by molar-refractivity contribution is 0.561. The van der Waals surface area contributed by atoms with Crippen LogP contribution in [0.5, 0.6) is 0 Å². The third-order valence-electron chi connectivity index (χ3n) is 1.54. The second-order valence-electron chi connectivity index (χ2n) is 3.58. The SMILES string of the molecule is CC(C)(C)c1[nH]ncc1N=C=O. The van der Waals surface area contributed by atoms with Crippen LogP contribution in [0.3, 0.4) is 0 Å². The third-order valence-corrected chi connectivity index (χ3v) is 1.54. The van der Waals surface area contributed by atoms with Gasteiger partial charge in [-0.25, -0.2) is 4.79 Å². The van der Waals surface area contributed by atoms with E-state index in [2.05, 4.69) is 15.2 Å². The normalized spacial score (nSPS) is 10.9. The highest BCUT2D eigenvalue weighted by Crippen LogP contribution is 2.28. The lowest BCUT2D eigenvalue weighted by Gasteiger charge is -2.15. The maximum absolute atomic E-state index is 10.0. The van der Waals surface area contributed by atoms with Gasteiger partial charge in [0.2, 0.25) is 6.08 Å². The fourth-order valence-electron chi connectivity index (χ4n) is 0.966. The molecule has 0 aliphatic rings. The fraction of sp³-hybridized carbons (Fsp3) is 0.500. The Morgan fingerprint density at radius 2 is 2.25 bits per heavy atom.